The number of aromatic nitrogens is 3. The van der Waals surface area contributed by atoms with Crippen molar-refractivity contribution in [2.24, 2.45) is 0 Å². The molecule has 1 amide bonds. The Hall–Kier alpha value is -2.33. The summed E-state index contributed by atoms with van der Waals surface area (Å²) in [5.74, 6) is 0.313. The molecule has 152 valence electrons. The fourth-order valence-corrected chi connectivity index (χ4v) is 3.88. The van der Waals surface area contributed by atoms with Gasteiger partial charge in [-0.25, -0.2) is 0 Å². The average Bonchev–Trinajstić information content (AvgIpc) is 3.09. The van der Waals surface area contributed by atoms with Crippen molar-refractivity contribution in [3.05, 3.63) is 58.6 Å². The van der Waals surface area contributed by atoms with E-state index >= 15 is 0 Å². The van der Waals surface area contributed by atoms with Gasteiger partial charge in [0.2, 0.25) is 5.91 Å². The van der Waals surface area contributed by atoms with Crippen LogP contribution in [0.2, 0.25) is 0 Å². The Morgan fingerprint density at radius 1 is 1.14 bits per heavy atom. The van der Waals surface area contributed by atoms with Crippen molar-refractivity contribution >= 4 is 33.6 Å². The van der Waals surface area contributed by atoms with E-state index < -0.39 is 11.7 Å². The first kappa shape index (κ1) is 21.4. The van der Waals surface area contributed by atoms with Gasteiger partial charge in [-0.15, -0.1) is 10.2 Å². The zero-order chi connectivity index (χ0) is 21.2. The van der Waals surface area contributed by atoms with Crippen LogP contribution < -0.4 is 0 Å². The lowest BCUT2D eigenvalue weighted by Crippen LogP contribution is -2.23. The van der Waals surface area contributed by atoms with E-state index in [1.54, 1.807) is 32.3 Å². The molecule has 0 N–H and O–H groups in total. The second-order valence-electron chi connectivity index (χ2n) is 6.25. The standard InChI is InChI=1S/C19H16BrF3N4OS/c1-26(2)16(28)11-29-18-25-24-17(14-8-3-4-9-15(14)20)27(18)13-7-5-6-12(10-13)19(21,22)23/h3-10H,11H2,1-2H3. The number of thioether (sulfide) groups is 1. The summed E-state index contributed by atoms with van der Waals surface area (Å²) in [6.45, 7) is 0. The molecule has 0 aliphatic heterocycles. The number of carbonyl (C=O) groups excluding carboxylic acids is 1. The Kier molecular flexibility index (Phi) is 6.33. The van der Waals surface area contributed by atoms with Gasteiger partial charge in [-0.2, -0.15) is 13.2 Å². The Morgan fingerprint density at radius 2 is 1.86 bits per heavy atom. The molecule has 5 nitrogen and oxygen atoms in total. The third-order valence-corrected chi connectivity index (χ3v) is 5.61. The van der Waals surface area contributed by atoms with Crippen molar-refractivity contribution in [3.63, 3.8) is 0 Å². The van der Waals surface area contributed by atoms with Gasteiger partial charge in [-0.3, -0.25) is 9.36 Å². The minimum atomic E-state index is -4.48. The average molecular weight is 485 g/mol. The molecule has 0 spiro atoms. The minimum absolute atomic E-state index is 0.0834. The Bertz CT molecular complexity index is 1040. The van der Waals surface area contributed by atoms with Gasteiger partial charge < -0.3 is 4.90 Å². The van der Waals surface area contributed by atoms with Crippen LogP contribution in [0.5, 0.6) is 0 Å². The topological polar surface area (TPSA) is 51.0 Å². The molecule has 29 heavy (non-hydrogen) atoms. The van der Waals surface area contributed by atoms with Gasteiger partial charge in [0, 0.05) is 24.1 Å². The molecule has 2 aromatic carbocycles. The van der Waals surface area contributed by atoms with E-state index in [0.717, 1.165) is 28.4 Å². The summed E-state index contributed by atoms with van der Waals surface area (Å²) < 4.78 is 42.0. The molecule has 0 radical (unpaired) electrons. The van der Waals surface area contributed by atoms with Gasteiger partial charge in [-0.1, -0.05) is 52.0 Å². The number of benzene rings is 2. The monoisotopic (exact) mass is 484 g/mol. The lowest BCUT2D eigenvalue weighted by atomic mass is 10.1. The summed E-state index contributed by atoms with van der Waals surface area (Å²) in [4.78, 5) is 13.4. The van der Waals surface area contributed by atoms with Crippen molar-refractivity contribution in [1.82, 2.24) is 19.7 Å². The van der Waals surface area contributed by atoms with Crippen LogP contribution in [0.3, 0.4) is 0 Å². The first-order chi connectivity index (χ1) is 13.7. The molecule has 0 aliphatic carbocycles. The molecule has 0 unspecified atom stereocenters. The third kappa shape index (κ3) is 4.81. The largest absolute Gasteiger partial charge is 0.416 e. The fraction of sp³-hybridized carbons (Fsp3) is 0.211. The zero-order valence-corrected chi connectivity index (χ0v) is 17.8. The van der Waals surface area contributed by atoms with Crippen molar-refractivity contribution in [2.75, 3.05) is 19.8 Å². The summed E-state index contributed by atoms with van der Waals surface area (Å²) in [6, 6.07) is 12.2. The van der Waals surface area contributed by atoms with E-state index in [1.807, 2.05) is 12.1 Å². The van der Waals surface area contributed by atoms with Crippen molar-refractivity contribution in [2.45, 2.75) is 11.3 Å². The van der Waals surface area contributed by atoms with Crippen molar-refractivity contribution in [3.8, 4) is 17.1 Å². The van der Waals surface area contributed by atoms with Gasteiger partial charge >= 0.3 is 6.18 Å². The minimum Gasteiger partial charge on any atom is -0.348 e. The normalized spacial score (nSPS) is 11.5. The molecular weight excluding hydrogens is 469 g/mol. The van der Waals surface area contributed by atoms with Gasteiger partial charge in [0.25, 0.3) is 0 Å². The molecule has 0 saturated heterocycles. The SMILES string of the molecule is CN(C)C(=O)CSc1nnc(-c2ccccc2Br)n1-c1cccc(C(F)(F)F)c1. The number of nitrogens with zero attached hydrogens (tertiary/aromatic N) is 4. The second kappa shape index (κ2) is 8.58. The molecule has 3 aromatic rings. The molecule has 1 aromatic heterocycles. The van der Waals surface area contributed by atoms with Gasteiger partial charge in [0.05, 0.1) is 17.0 Å². The van der Waals surface area contributed by atoms with E-state index in [0.29, 0.717) is 16.5 Å². The highest BCUT2D eigenvalue weighted by atomic mass is 79.9. The first-order valence-electron chi connectivity index (χ1n) is 8.39. The highest BCUT2D eigenvalue weighted by molar-refractivity contribution is 9.10. The second-order valence-corrected chi connectivity index (χ2v) is 8.04. The molecule has 10 heteroatoms. The number of rotatable bonds is 5. The van der Waals surface area contributed by atoms with Crippen LogP contribution in [-0.4, -0.2) is 45.4 Å². The van der Waals surface area contributed by atoms with Crippen LogP contribution in [-0.2, 0) is 11.0 Å². The molecule has 0 fully saturated rings. The molecule has 0 aliphatic rings. The van der Waals surface area contributed by atoms with Crippen LogP contribution in [0, 0.1) is 0 Å². The van der Waals surface area contributed by atoms with E-state index in [9.17, 15) is 18.0 Å². The van der Waals surface area contributed by atoms with Crippen molar-refractivity contribution < 1.29 is 18.0 Å². The number of hydrogen-bond donors (Lipinski definition) is 0. The number of carbonyl (C=O) groups is 1. The first-order valence-corrected chi connectivity index (χ1v) is 10.2. The summed E-state index contributed by atoms with van der Waals surface area (Å²) in [5.41, 5.74) is 0.153. The maximum absolute atomic E-state index is 13.2. The van der Waals surface area contributed by atoms with Crippen LogP contribution >= 0.6 is 27.7 Å². The zero-order valence-electron chi connectivity index (χ0n) is 15.4. The summed E-state index contributed by atoms with van der Waals surface area (Å²) in [6.07, 6.45) is -4.48. The molecule has 0 saturated carbocycles. The van der Waals surface area contributed by atoms with Gasteiger partial charge in [0.15, 0.2) is 11.0 Å². The third-order valence-electron chi connectivity index (χ3n) is 4.00. The summed E-state index contributed by atoms with van der Waals surface area (Å²) in [5, 5.41) is 8.65. The Balaban J connectivity index is 2.13. The van der Waals surface area contributed by atoms with Crippen LogP contribution in [0.25, 0.3) is 17.1 Å². The smallest absolute Gasteiger partial charge is 0.348 e. The molecular formula is C19H16BrF3N4OS. The fourth-order valence-electron chi connectivity index (χ4n) is 2.49. The van der Waals surface area contributed by atoms with Crippen LogP contribution in [0.4, 0.5) is 13.2 Å². The van der Waals surface area contributed by atoms with Gasteiger partial charge in [-0.05, 0) is 24.3 Å². The highest BCUT2D eigenvalue weighted by Crippen LogP contribution is 2.35. The predicted octanol–water partition coefficient (Wildman–Crippen LogP) is 4.90. The summed E-state index contributed by atoms with van der Waals surface area (Å²) >= 11 is 4.56. The number of alkyl halides is 3. The van der Waals surface area contributed by atoms with Gasteiger partial charge in [0.1, 0.15) is 0 Å². The quantitative estimate of drug-likeness (QED) is 0.483. The van der Waals surface area contributed by atoms with E-state index in [4.69, 9.17) is 0 Å². The maximum Gasteiger partial charge on any atom is 0.416 e. The Labute approximate surface area is 178 Å². The molecule has 0 atom stereocenters. The van der Waals surface area contributed by atoms with E-state index in [1.165, 1.54) is 15.5 Å². The van der Waals surface area contributed by atoms with E-state index in [2.05, 4.69) is 26.1 Å². The molecule has 3 rings (SSSR count). The van der Waals surface area contributed by atoms with Crippen LogP contribution in [0.15, 0.2) is 58.2 Å². The number of amides is 1. The lowest BCUT2D eigenvalue weighted by molar-refractivity contribution is -0.137. The molecule has 0 bridgehead atoms. The summed E-state index contributed by atoms with van der Waals surface area (Å²) in [7, 11) is 3.26. The highest BCUT2D eigenvalue weighted by Gasteiger charge is 2.31. The van der Waals surface area contributed by atoms with E-state index in [-0.39, 0.29) is 17.3 Å². The molecule has 1 heterocycles. The number of halogens is 4. The lowest BCUT2D eigenvalue weighted by Gasteiger charge is -2.14. The predicted molar refractivity (Wildman–Crippen MR) is 109 cm³/mol. The van der Waals surface area contributed by atoms with Crippen LogP contribution in [0.1, 0.15) is 5.56 Å². The van der Waals surface area contributed by atoms with Crippen molar-refractivity contribution in [1.29, 1.82) is 0 Å². The maximum atomic E-state index is 13.2. The Morgan fingerprint density at radius 3 is 2.52 bits per heavy atom. The number of hydrogen-bond acceptors (Lipinski definition) is 4.